The SMILES string of the molecule is CC#N.ClCc1ccc(Cl)cc1.NCCCN.NCCCNCc1ccc(Cl)cc1.O=CO[O-].[H-].[K+].[K+]. The van der Waals surface area contributed by atoms with Crippen LogP contribution in [0.25, 0.3) is 0 Å². The van der Waals surface area contributed by atoms with Gasteiger partial charge in [0.1, 0.15) is 0 Å². The van der Waals surface area contributed by atoms with Crippen LogP contribution in [0.5, 0.6) is 0 Å². The maximum absolute atomic E-state index is 8.64. The minimum absolute atomic E-state index is 0. The Kier molecular flexibility index (Phi) is 53.5. The second-order valence-corrected chi connectivity index (χ2v) is 7.19. The number of carbonyl (C=O) groups is 1. The van der Waals surface area contributed by atoms with Crippen LogP contribution in [0.4, 0.5) is 0 Å². The van der Waals surface area contributed by atoms with Gasteiger partial charge in [-0.2, -0.15) is 5.26 Å². The molecule has 194 valence electrons. The van der Waals surface area contributed by atoms with Gasteiger partial charge in [-0.25, -0.2) is 0 Å². The first-order chi connectivity index (χ1) is 16.4. The molecule has 0 fully saturated rings. The molecule has 2 rings (SSSR count). The van der Waals surface area contributed by atoms with Gasteiger partial charge in [-0.15, -0.1) is 11.6 Å². The fraction of sp³-hybridized carbons (Fsp3) is 0.391. The second-order valence-electron chi connectivity index (χ2n) is 6.05. The number of carbonyl (C=O) groups excluding carboxylic acids is 1. The number of nitrogens with zero attached hydrogens (tertiary/aromatic N) is 1. The number of nitrogens with two attached hydrogens (primary N) is 3. The number of halogens is 3. The molecule has 0 radical (unpaired) electrons. The number of benzene rings is 2. The molecule has 0 unspecified atom stereocenters. The molecule has 2 aromatic carbocycles. The van der Waals surface area contributed by atoms with Gasteiger partial charge >= 0.3 is 103 Å². The summed E-state index contributed by atoms with van der Waals surface area (Å²) in [6.45, 7) is 5.29. The summed E-state index contributed by atoms with van der Waals surface area (Å²) in [5, 5.41) is 20.6. The predicted molar refractivity (Wildman–Crippen MR) is 140 cm³/mol. The van der Waals surface area contributed by atoms with Crippen LogP contribution in [0.3, 0.4) is 0 Å². The molecule has 0 aliphatic heterocycles. The summed E-state index contributed by atoms with van der Waals surface area (Å²) in [5.74, 6) is 0.553. The Balaban J connectivity index is -0.0000000882. The molecule has 8 nitrogen and oxygen atoms in total. The Hall–Kier alpha value is 1.34. The van der Waals surface area contributed by atoms with Crippen molar-refractivity contribution < 1.29 is 119 Å². The van der Waals surface area contributed by atoms with Crippen molar-refractivity contribution in [3.63, 3.8) is 0 Å². The third kappa shape index (κ3) is 39.8. The van der Waals surface area contributed by atoms with Crippen LogP contribution >= 0.6 is 34.8 Å². The van der Waals surface area contributed by atoms with Gasteiger partial charge in [0.05, 0.1) is 6.07 Å². The molecule has 0 amide bonds. The molecule has 0 heterocycles. The summed E-state index contributed by atoms with van der Waals surface area (Å²) in [6.07, 6.45) is 1.97. The molecule has 0 atom stereocenters. The van der Waals surface area contributed by atoms with E-state index in [2.05, 4.69) is 10.2 Å². The van der Waals surface area contributed by atoms with Crippen LogP contribution in [0, 0.1) is 11.3 Å². The van der Waals surface area contributed by atoms with Crippen molar-refractivity contribution in [3.05, 3.63) is 69.7 Å². The smallest absolute Gasteiger partial charge is 1.00 e. The molecule has 13 heteroatoms. The zero-order chi connectivity index (χ0) is 26.5. The summed E-state index contributed by atoms with van der Waals surface area (Å²) in [4.78, 5) is 11.2. The van der Waals surface area contributed by atoms with Crippen molar-refractivity contribution in [2.24, 2.45) is 17.2 Å². The number of hydrogen-bond donors (Lipinski definition) is 4. The average molecular weight is 615 g/mol. The van der Waals surface area contributed by atoms with Gasteiger partial charge in [0.2, 0.25) is 0 Å². The van der Waals surface area contributed by atoms with E-state index >= 15 is 0 Å². The van der Waals surface area contributed by atoms with E-state index in [4.69, 9.17) is 67.3 Å². The molecular formula is C23H36Cl3K2N5O3. The Morgan fingerprint density at radius 3 is 1.58 bits per heavy atom. The van der Waals surface area contributed by atoms with E-state index in [1.54, 1.807) is 6.07 Å². The minimum atomic E-state index is -0.181. The summed E-state index contributed by atoms with van der Waals surface area (Å²) >= 11 is 16.9. The van der Waals surface area contributed by atoms with Crippen molar-refractivity contribution in [2.45, 2.75) is 32.2 Å². The van der Waals surface area contributed by atoms with Crippen LogP contribution in [0.2, 0.25) is 10.0 Å². The predicted octanol–water partition coefficient (Wildman–Crippen LogP) is -2.76. The van der Waals surface area contributed by atoms with Crippen LogP contribution in [-0.2, 0) is 22.1 Å². The van der Waals surface area contributed by atoms with Crippen molar-refractivity contribution in [3.8, 4) is 6.07 Å². The summed E-state index contributed by atoms with van der Waals surface area (Å²) < 4.78 is 0. The Labute approximate surface area is 317 Å². The monoisotopic (exact) mass is 613 g/mol. The second kappa shape index (κ2) is 40.8. The van der Waals surface area contributed by atoms with Gasteiger partial charge in [0, 0.05) is 29.4 Å². The molecule has 2 aromatic rings. The maximum Gasteiger partial charge on any atom is 1.00 e. The first-order valence-electron chi connectivity index (χ1n) is 10.3. The topological polar surface area (TPSA) is 163 Å². The summed E-state index contributed by atoms with van der Waals surface area (Å²) in [7, 11) is 0. The summed E-state index contributed by atoms with van der Waals surface area (Å²) in [6, 6.07) is 17.1. The molecule has 0 spiro atoms. The Morgan fingerprint density at radius 1 is 0.944 bits per heavy atom. The van der Waals surface area contributed by atoms with E-state index in [0.717, 1.165) is 61.2 Å². The molecule has 0 aliphatic carbocycles. The van der Waals surface area contributed by atoms with Crippen molar-refractivity contribution in [1.82, 2.24) is 5.32 Å². The molecular weight excluding hydrogens is 579 g/mol. The Morgan fingerprint density at radius 2 is 1.31 bits per heavy atom. The fourth-order valence-electron chi connectivity index (χ4n) is 1.75. The number of alkyl halides is 1. The van der Waals surface area contributed by atoms with Crippen molar-refractivity contribution in [2.75, 3.05) is 26.2 Å². The molecule has 0 saturated heterocycles. The minimum Gasteiger partial charge on any atom is -1.00 e. The van der Waals surface area contributed by atoms with Crippen molar-refractivity contribution >= 4 is 41.3 Å². The third-order valence-corrected chi connectivity index (χ3v) is 4.13. The third-order valence-electron chi connectivity index (χ3n) is 3.32. The van der Waals surface area contributed by atoms with Crippen LogP contribution in [-0.4, -0.2) is 32.7 Å². The van der Waals surface area contributed by atoms with Gasteiger partial charge in [0.15, 0.2) is 0 Å². The first kappa shape index (κ1) is 47.2. The number of rotatable bonds is 9. The van der Waals surface area contributed by atoms with Crippen LogP contribution in [0.15, 0.2) is 48.5 Å². The fourth-order valence-corrected chi connectivity index (χ4v) is 2.18. The number of hydrogen-bond acceptors (Lipinski definition) is 8. The zero-order valence-corrected chi connectivity index (χ0v) is 29.9. The molecule has 0 bridgehead atoms. The van der Waals surface area contributed by atoms with Crippen LogP contribution < -0.4 is 131 Å². The van der Waals surface area contributed by atoms with E-state index in [0.29, 0.717) is 5.88 Å². The maximum atomic E-state index is 8.64. The largest absolute Gasteiger partial charge is 1.00 e. The van der Waals surface area contributed by atoms with Gasteiger partial charge < -0.3 is 34.1 Å². The molecule has 36 heavy (non-hydrogen) atoms. The van der Waals surface area contributed by atoms with Crippen molar-refractivity contribution in [1.29, 1.82) is 5.26 Å². The molecule has 0 aromatic heterocycles. The molecule has 7 N–H and O–H groups in total. The number of nitrogens with one attached hydrogen (secondary N) is 1. The average Bonchev–Trinajstić information content (AvgIpc) is 2.85. The van der Waals surface area contributed by atoms with E-state index in [1.807, 2.05) is 48.5 Å². The van der Waals surface area contributed by atoms with E-state index in [1.165, 1.54) is 12.5 Å². The van der Waals surface area contributed by atoms with E-state index < -0.39 is 0 Å². The van der Waals surface area contributed by atoms with Gasteiger partial charge in [0.25, 0.3) is 6.47 Å². The van der Waals surface area contributed by atoms with Gasteiger partial charge in [-0.05, 0) is 74.4 Å². The zero-order valence-electron chi connectivity index (χ0n) is 22.4. The van der Waals surface area contributed by atoms with Gasteiger partial charge in [-0.3, -0.25) is 4.79 Å². The first-order valence-corrected chi connectivity index (χ1v) is 11.6. The molecule has 0 saturated carbocycles. The van der Waals surface area contributed by atoms with Crippen LogP contribution in [0.1, 0.15) is 32.3 Å². The summed E-state index contributed by atoms with van der Waals surface area (Å²) in [5.41, 5.74) is 17.8. The normalized spacial score (nSPS) is 8.08. The number of nitriles is 1. The Bertz CT molecular complexity index is 731. The molecule has 0 aliphatic rings. The quantitative estimate of drug-likeness (QED) is 0.0589. The van der Waals surface area contributed by atoms with E-state index in [-0.39, 0.29) is 111 Å². The van der Waals surface area contributed by atoms with E-state index in [9.17, 15) is 0 Å². The standard InChI is InChI=1S/C10H15ClN2.C7H6Cl2.C3H10N2.C2H3N.CH2O3.2K.H/c11-10-4-2-9(3-5-10)8-13-7-1-6-12;8-5-6-1-3-7(9)4-2-6;4-2-1-3-5;1-2-3;2-1-4-3;;;/h2-5,13H,1,6-8,12H2;1-4H,5H2;1-5H2;1H3;1,3H;;;/q;;;;;2*+1;-1/p-1. The van der Waals surface area contributed by atoms with Gasteiger partial charge in [-0.1, -0.05) is 47.5 Å².